The number of fused-ring (bicyclic) bond motifs is 1. The van der Waals surface area contributed by atoms with E-state index in [1.807, 2.05) is 53.4 Å². The molecule has 1 atom stereocenters. The first kappa shape index (κ1) is 14.3. The second kappa shape index (κ2) is 6.00. The van der Waals surface area contributed by atoms with Crippen LogP contribution in [0, 0.1) is 0 Å². The number of carbonyl (C=O) groups is 1. The summed E-state index contributed by atoms with van der Waals surface area (Å²) in [6.07, 6.45) is 0.688. The highest BCUT2D eigenvalue weighted by atomic mass is 79.9. The molecule has 1 unspecified atom stereocenters. The molecule has 0 saturated heterocycles. The van der Waals surface area contributed by atoms with E-state index in [1.54, 1.807) is 0 Å². The summed E-state index contributed by atoms with van der Waals surface area (Å²) in [5, 5.41) is 0. The SMILES string of the molecule is NCCC1C(=O)N(Cc2ccccc2)c2ccc(Br)cc21. The number of amides is 1. The summed E-state index contributed by atoms with van der Waals surface area (Å²) in [4.78, 5) is 14.6. The fraction of sp³-hybridized carbons (Fsp3) is 0.235. The third-order valence-electron chi connectivity index (χ3n) is 3.86. The summed E-state index contributed by atoms with van der Waals surface area (Å²) < 4.78 is 0.998. The Morgan fingerprint density at radius 2 is 1.90 bits per heavy atom. The van der Waals surface area contributed by atoms with Gasteiger partial charge >= 0.3 is 0 Å². The van der Waals surface area contributed by atoms with Crippen LogP contribution in [0.2, 0.25) is 0 Å². The third kappa shape index (κ3) is 2.74. The maximum Gasteiger partial charge on any atom is 0.234 e. The smallest absolute Gasteiger partial charge is 0.234 e. The Morgan fingerprint density at radius 1 is 1.14 bits per heavy atom. The Balaban J connectivity index is 1.97. The van der Waals surface area contributed by atoms with Crippen molar-refractivity contribution in [1.29, 1.82) is 0 Å². The fourth-order valence-corrected chi connectivity index (χ4v) is 3.24. The quantitative estimate of drug-likeness (QED) is 0.923. The molecule has 1 aliphatic rings. The largest absolute Gasteiger partial charge is 0.330 e. The van der Waals surface area contributed by atoms with E-state index in [-0.39, 0.29) is 11.8 Å². The molecular weight excluding hydrogens is 328 g/mol. The third-order valence-corrected chi connectivity index (χ3v) is 4.35. The maximum atomic E-state index is 12.7. The zero-order valence-corrected chi connectivity index (χ0v) is 13.2. The number of hydrogen-bond acceptors (Lipinski definition) is 2. The van der Waals surface area contributed by atoms with E-state index < -0.39 is 0 Å². The maximum absolute atomic E-state index is 12.7. The lowest BCUT2D eigenvalue weighted by atomic mass is 9.97. The van der Waals surface area contributed by atoms with Gasteiger partial charge < -0.3 is 10.6 Å². The number of rotatable bonds is 4. The van der Waals surface area contributed by atoms with Crippen molar-refractivity contribution >= 4 is 27.5 Å². The van der Waals surface area contributed by atoms with Gasteiger partial charge in [-0.3, -0.25) is 4.79 Å². The van der Waals surface area contributed by atoms with Crippen molar-refractivity contribution in [1.82, 2.24) is 0 Å². The van der Waals surface area contributed by atoms with Gasteiger partial charge in [0.2, 0.25) is 5.91 Å². The van der Waals surface area contributed by atoms with E-state index in [9.17, 15) is 4.79 Å². The van der Waals surface area contributed by atoms with Crippen molar-refractivity contribution in [3.8, 4) is 0 Å². The van der Waals surface area contributed by atoms with Crippen molar-refractivity contribution in [2.45, 2.75) is 18.9 Å². The molecule has 21 heavy (non-hydrogen) atoms. The average Bonchev–Trinajstić information content (AvgIpc) is 2.74. The van der Waals surface area contributed by atoms with E-state index >= 15 is 0 Å². The summed E-state index contributed by atoms with van der Waals surface area (Å²) >= 11 is 3.49. The Kier molecular flexibility index (Phi) is 4.08. The topological polar surface area (TPSA) is 46.3 Å². The first-order valence-corrected chi connectivity index (χ1v) is 7.85. The lowest BCUT2D eigenvalue weighted by Crippen LogP contribution is -2.29. The number of hydrogen-bond donors (Lipinski definition) is 1. The minimum absolute atomic E-state index is 0.119. The van der Waals surface area contributed by atoms with Crippen LogP contribution in [-0.2, 0) is 11.3 Å². The van der Waals surface area contributed by atoms with Crippen molar-refractivity contribution < 1.29 is 4.79 Å². The zero-order chi connectivity index (χ0) is 14.8. The molecule has 3 rings (SSSR count). The van der Waals surface area contributed by atoms with E-state index in [0.717, 1.165) is 21.3 Å². The normalized spacial score (nSPS) is 17.1. The molecule has 0 aromatic heterocycles. The summed E-state index contributed by atoms with van der Waals surface area (Å²) in [5.74, 6) is 0.0311. The van der Waals surface area contributed by atoms with Crippen LogP contribution in [0.5, 0.6) is 0 Å². The molecule has 1 heterocycles. The van der Waals surface area contributed by atoms with Gasteiger partial charge in [-0.05, 0) is 42.3 Å². The molecule has 1 aliphatic heterocycles. The molecule has 0 radical (unpaired) electrons. The summed E-state index contributed by atoms with van der Waals surface area (Å²) in [6.45, 7) is 1.12. The van der Waals surface area contributed by atoms with Gasteiger partial charge in [-0.2, -0.15) is 0 Å². The van der Waals surface area contributed by atoms with Crippen molar-refractivity contribution in [3.05, 3.63) is 64.1 Å². The lowest BCUT2D eigenvalue weighted by Gasteiger charge is -2.18. The van der Waals surface area contributed by atoms with Crippen molar-refractivity contribution in [2.24, 2.45) is 5.73 Å². The van der Waals surface area contributed by atoms with E-state index in [0.29, 0.717) is 19.5 Å². The minimum Gasteiger partial charge on any atom is -0.330 e. The van der Waals surface area contributed by atoms with Gasteiger partial charge in [0.05, 0.1) is 12.5 Å². The fourth-order valence-electron chi connectivity index (χ4n) is 2.86. The van der Waals surface area contributed by atoms with Crippen LogP contribution in [-0.4, -0.2) is 12.5 Å². The van der Waals surface area contributed by atoms with Gasteiger partial charge in [-0.15, -0.1) is 0 Å². The zero-order valence-electron chi connectivity index (χ0n) is 11.6. The Bertz CT molecular complexity index is 657. The highest BCUT2D eigenvalue weighted by molar-refractivity contribution is 9.10. The molecule has 2 N–H and O–H groups in total. The van der Waals surface area contributed by atoms with Crippen LogP contribution in [0.4, 0.5) is 5.69 Å². The van der Waals surface area contributed by atoms with Crippen LogP contribution >= 0.6 is 15.9 Å². The predicted molar refractivity (Wildman–Crippen MR) is 88.2 cm³/mol. The monoisotopic (exact) mass is 344 g/mol. The molecule has 3 nitrogen and oxygen atoms in total. The van der Waals surface area contributed by atoms with E-state index in [1.165, 1.54) is 0 Å². The van der Waals surface area contributed by atoms with Gasteiger partial charge in [-0.1, -0.05) is 46.3 Å². The summed E-state index contributed by atoms with van der Waals surface area (Å²) in [7, 11) is 0. The van der Waals surface area contributed by atoms with Crippen LogP contribution in [0.25, 0.3) is 0 Å². The molecule has 4 heteroatoms. The van der Waals surface area contributed by atoms with Crippen LogP contribution in [0.1, 0.15) is 23.5 Å². The molecular formula is C17H17BrN2O. The predicted octanol–water partition coefficient (Wildman–Crippen LogP) is 3.43. The standard InChI is InChI=1S/C17H17BrN2O/c18-13-6-7-16-15(10-13)14(8-9-19)17(21)20(16)11-12-4-2-1-3-5-12/h1-7,10,14H,8-9,11,19H2. The summed E-state index contributed by atoms with van der Waals surface area (Å²) in [5.41, 5.74) is 8.90. The van der Waals surface area contributed by atoms with E-state index in [4.69, 9.17) is 5.73 Å². The molecule has 2 aromatic carbocycles. The van der Waals surface area contributed by atoms with E-state index in [2.05, 4.69) is 15.9 Å². The lowest BCUT2D eigenvalue weighted by molar-refractivity contribution is -0.119. The van der Waals surface area contributed by atoms with Gasteiger partial charge in [0.15, 0.2) is 0 Å². The Hall–Kier alpha value is -1.65. The molecule has 1 amide bonds. The number of nitrogens with two attached hydrogens (primary N) is 1. The highest BCUT2D eigenvalue weighted by Crippen LogP contribution is 2.41. The number of anilines is 1. The second-order valence-electron chi connectivity index (χ2n) is 5.24. The van der Waals surface area contributed by atoms with Gasteiger partial charge in [0.25, 0.3) is 0 Å². The van der Waals surface area contributed by atoms with Crippen LogP contribution in [0.15, 0.2) is 53.0 Å². The molecule has 0 bridgehead atoms. The summed E-state index contributed by atoms with van der Waals surface area (Å²) in [6, 6.07) is 16.1. The van der Waals surface area contributed by atoms with Crippen molar-refractivity contribution in [3.63, 3.8) is 0 Å². The highest BCUT2D eigenvalue weighted by Gasteiger charge is 2.36. The number of nitrogens with zero attached hydrogens (tertiary/aromatic N) is 1. The number of carbonyl (C=O) groups excluding carboxylic acids is 1. The first-order chi connectivity index (χ1) is 10.2. The molecule has 0 saturated carbocycles. The second-order valence-corrected chi connectivity index (χ2v) is 6.16. The number of benzene rings is 2. The Labute approximate surface area is 132 Å². The Morgan fingerprint density at radius 3 is 2.62 bits per heavy atom. The molecule has 0 aliphatic carbocycles. The first-order valence-electron chi connectivity index (χ1n) is 7.05. The van der Waals surface area contributed by atoms with Crippen LogP contribution < -0.4 is 10.6 Å². The molecule has 2 aromatic rings. The molecule has 0 spiro atoms. The van der Waals surface area contributed by atoms with Gasteiger partial charge in [0, 0.05) is 10.2 Å². The van der Waals surface area contributed by atoms with Crippen molar-refractivity contribution in [2.75, 3.05) is 11.4 Å². The molecule has 108 valence electrons. The van der Waals surface area contributed by atoms with Gasteiger partial charge in [-0.25, -0.2) is 0 Å². The van der Waals surface area contributed by atoms with Crippen LogP contribution in [0.3, 0.4) is 0 Å². The van der Waals surface area contributed by atoms with Gasteiger partial charge in [0.1, 0.15) is 0 Å². The average molecular weight is 345 g/mol. The minimum atomic E-state index is -0.119. The number of halogens is 1. The molecule has 0 fully saturated rings.